The lowest BCUT2D eigenvalue weighted by molar-refractivity contribution is 0.0937. The van der Waals surface area contributed by atoms with E-state index in [1.54, 1.807) is 19.3 Å². The minimum Gasteiger partial charge on any atom is -0.360 e. The van der Waals surface area contributed by atoms with Gasteiger partial charge in [-0.15, -0.1) is 0 Å². The predicted molar refractivity (Wildman–Crippen MR) is 70.7 cm³/mol. The molecule has 0 spiro atoms. The summed E-state index contributed by atoms with van der Waals surface area (Å²) in [6.07, 6.45) is 4.06. The summed E-state index contributed by atoms with van der Waals surface area (Å²) in [5.74, 6) is 0.469. The Kier molecular flexibility index (Phi) is 3.94. The highest BCUT2D eigenvalue weighted by Gasteiger charge is 2.20. The Morgan fingerprint density at radius 3 is 2.74 bits per heavy atom. The Bertz CT molecular complexity index is 563. The molecule has 19 heavy (non-hydrogen) atoms. The fourth-order valence-electron chi connectivity index (χ4n) is 1.95. The van der Waals surface area contributed by atoms with Crippen LogP contribution in [-0.2, 0) is 6.42 Å². The van der Waals surface area contributed by atoms with Crippen molar-refractivity contribution in [2.24, 2.45) is 0 Å². The quantitative estimate of drug-likeness (QED) is 0.915. The highest BCUT2D eigenvalue weighted by molar-refractivity contribution is 5.96. The summed E-state index contributed by atoms with van der Waals surface area (Å²) >= 11 is 0. The molecule has 1 N–H and O–H groups in total. The fraction of sp³-hybridized carbons (Fsp3) is 0.357. The molecule has 0 saturated heterocycles. The number of rotatable bonds is 4. The topological polar surface area (TPSA) is 68.0 Å². The minimum atomic E-state index is -0.153. The summed E-state index contributed by atoms with van der Waals surface area (Å²) in [6.45, 7) is 5.64. The van der Waals surface area contributed by atoms with Crippen molar-refractivity contribution < 1.29 is 9.32 Å². The van der Waals surface area contributed by atoms with Crippen LogP contribution in [0.1, 0.15) is 47.3 Å². The first-order valence-electron chi connectivity index (χ1n) is 6.29. The lowest BCUT2D eigenvalue weighted by Crippen LogP contribution is -2.27. The first kappa shape index (κ1) is 13.3. The highest BCUT2D eigenvalue weighted by atomic mass is 16.5. The summed E-state index contributed by atoms with van der Waals surface area (Å²) in [5.41, 5.74) is 2.18. The Morgan fingerprint density at radius 2 is 2.11 bits per heavy atom. The third-order valence-electron chi connectivity index (χ3n) is 3.04. The number of nitrogens with zero attached hydrogens (tertiary/aromatic N) is 2. The zero-order valence-electron chi connectivity index (χ0n) is 11.3. The van der Waals surface area contributed by atoms with Crippen LogP contribution in [0.4, 0.5) is 0 Å². The van der Waals surface area contributed by atoms with Gasteiger partial charge in [0.05, 0.1) is 11.7 Å². The number of carbonyl (C=O) groups excluding carboxylic acids is 1. The molecule has 5 nitrogen and oxygen atoms in total. The third-order valence-corrected chi connectivity index (χ3v) is 3.04. The molecule has 0 bridgehead atoms. The van der Waals surface area contributed by atoms with Crippen molar-refractivity contribution in [2.45, 2.75) is 33.2 Å². The second kappa shape index (κ2) is 5.65. The van der Waals surface area contributed by atoms with E-state index in [1.807, 2.05) is 26.0 Å². The first-order chi connectivity index (χ1) is 9.13. The van der Waals surface area contributed by atoms with Crippen molar-refractivity contribution in [1.82, 2.24) is 15.5 Å². The number of hydrogen-bond acceptors (Lipinski definition) is 4. The minimum absolute atomic E-state index is 0.0884. The number of nitrogens with one attached hydrogen (secondary N) is 1. The van der Waals surface area contributed by atoms with E-state index in [9.17, 15) is 4.79 Å². The Hall–Kier alpha value is -2.17. The summed E-state index contributed by atoms with van der Waals surface area (Å²) in [5, 5.41) is 6.79. The van der Waals surface area contributed by atoms with Gasteiger partial charge in [0.2, 0.25) is 0 Å². The Morgan fingerprint density at radius 1 is 1.42 bits per heavy atom. The molecule has 2 rings (SSSR count). The molecular weight excluding hydrogens is 242 g/mol. The lowest BCUT2D eigenvalue weighted by atomic mass is 10.1. The SMILES string of the molecule is CCc1onc(C)c1C(=O)NC(C)c1ccncc1. The Labute approximate surface area is 112 Å². The van der Waals surface area contributed by atoms with Gasteiger partial charge in [-0.3, -0.25) is 9.78 Å². The second-order valence-electron chi connectivity index (χ2n) is 4.40. The maximum atomic E-state index is 12.3. The molecule has 5 heteroatoms. The van der Waals surface area contributed by atoms with E-state index in [2.05, 4.69) is 15.5 Å². The molecule has 2 heterocycles. The molecule has 0 aromatic carbocycles. The van der Waals surface area contributed by atoms with E-state index in [4.69, 9.17) is 4.52 Å². The second-order valence-corrected chi connectivity index (χ2v) is 4.40. The molecule has 0 aliphatic carbocycles. The molecular formula is C14H17N3O2. The smallest absolute Gasteiger partial charge is 0.257 e. The highest BCUT2D eigenvalue weighted by Crippen LogP contribution is 2.17. The van der Waals surface area contributed by atoms with Crippen LogP contribution >= 0.6 is 0 Å². The van der Waals surface area contributed by atoms with Crippen LogP contribution in [0.2, 0.25) is 0 Å². The number of pyridine rings is 1. The van der Waals surface area contributed by atoms with Gasteiger partial charge in [-0.25, -0.2) is 0 Å². The van der Waals surface area contributed by atoms with Crippen LogP contribution < -0.4 is 5.32 Å². The van der Waals surface area contributed by atoms with E-state index in [-0.39, 0.29) is 11.9 Å². The summed E-state index contributed by atoms with van der Waals surface area (Å²) in [7, 11) is 0. The van der Waals surface area contributed by atoms with E-state index >= 15 is 0 Å². The zero-order chi connectivity index (χ0) is 13.8. The van der Waals surface area contributed by atoms with Crippen LogP contribution in [0.3, 0.4) is 0 Å². The van der Waals surface area contributed by atoms with Crippen LogP contribution in [0.15, 0.2) is 29.0 Å². The zero-order valence-corrected chi connectivity index (χ0v) is 11.3. The molecule has 0 aliphatic rings. The monoisotopic (exact) mass is 259 g/mol. The van der Waals surface area contributed by atoms with Gasteiger partial charge >= 0.3 is 0 Å². The van der Waals surface area contributed by atoms with Gasteiger partial charge in [-0.2, -0.15) is 0 Å². The van der Waals surface area contributed by atoms with Gasteiger partial charge in [-0.1, -0.05) is 12.1 Å². The molecule has 1 atom stereocenters. The fourth-order valence-corrected chi connectivity index (χ4v) is 1.95. The first-order valence-corrected chi connectivity index (χ1v) is 6.29. The van der Waals surface area contributed by atoms with Gasteiger partial charge in [0.25, 0.3) is 5.91 Å². The molecule has 0 saturated carbocycles. The largest absolute Gasteiger partial charge is 0.360 e. The van der Waals surface area contributed by atoms with Gasteiger partial charge in [0.15, 0.2) is 0 Å². The van der Waals surface area contributed by atoms with Gasteiger partial charge < -0.3 is 9.84 Å². The molecule has 100 valence electrons. The van der Waals surface area contributed by atoms with Crippen molar-refractivity contribution in [3.63, 3.8) is 0 Å². The van der Waals surface area contributed by atoms with E-state index in [0.29, 0.717) is 23.4 Å². The maximum absolute atomic E-state index is 12.3. The van der Waals surface area contributed by atoms with Gasteiger partial charge in [0.1, 0.15) is 11.3 Å². The molecule has 0 radical (unpaired) electrons. The molecule has 2 aromatic rings. The van der Waals surface area contributed by atoms with Gasteiger partial charge in [-0.05, 0) is 31.5 Å². The van der Waals surface area contributed by atoms with Crippen molar-refractivity contribution >= 4 is 5.91 Å². The van der Waals surface area contributed by atoms with Crippen LogP contribution in [0.5, 0.6) is 0 Å². The Balaban J connectivity index is 2.15. The molecule has 1 amide bonds. The standard InChI is InChI=1S/C14H17N3O2/c1-4-12-13(10(3)17-19-12)14(18)16-9(2)11-5-7-15-8-6-11/h5-9H,4H2,1-3H3,(H,16,18). The molecule has 0 fully saturated rings. The maximum Gasteiger partial charge on any atom is 0.257 e. The van der Waals surface area contributed by atoms with Crippen LogP contribution in [0, 0.1) is 6.92 Å². The number of hydrogen-bond donors (Lipinski definition) is 1. The van der Waals surface area contributed by atoms with Crippen LogP contribution in [0.25, 0.3) is 0 Å². The van der Waals surface area contributed by atoms with E-state index in [1.165, 1.54) is 0 Å². The van der Waals surface area contributed by atoms with Crippen molar-refractivity contribution in [3.8, 4) is 0 Å². The normalized spacial score (nSPS) is 12.2. The number of amides is 1. The average Bonchev–Trinajstić information content (AvgIpc) is 2.80. The number of carbonyl (C=O) groups is 1. The van der Waals surface area contributed by atoms with Gasteiger partial charge in [0, 0.05) is 18.8 Å². The molecule has 2 aromatic heterocycles. The number of aryl methyl sites for hydroxylation is 2. The summed E-state index contributed by atoms with van der Waals surface area (Å²) in [6, 6.07) is 3.67. The van der Waals surface area contributed by atoms with E-state index in [0.717, 1.165) is 5.56 Å². The van der Waals surface area contributed by atoms with Crippen molar-refractivity contribution in [1.29, 1.82) is 0 Å². The third kappa shape index (κ3) is 2.81. The lowest BCUT2D eigenvalue weighted by Gasteiger charge is -2.13. The average molecular weight is 259 g/mol. The van der Waals surface area contributed by atoms with Crippen LogP contribution in [-0.4, -0.2) is 16.0 Å². The molecule has 1 unspecified atom stereocenters. The summed E-state index contributed by atoms with van der Waals surface area (Å²) < 4.78 is 5.13. The van der Waals surface area contributed by atoms with Crippen molar-refractivity contribution in [3.05, 3.63) is 47.1 Å². The molecule has 0 aliphatic heterocycles. The van der Waals surface area contributed by atoms with E-state index < -0.39 is 0 Å². The van der Waals surface area contributed by atoms with Crippen molar-refractivity contribution in [2.75, 3.05) is 0 Å². The summed E-state index contributed by atoms with van der Waals surface area (Å²) in [4.78, 5) is 16.2. The number of aromatic nitrogens is 2. The predicted octanol–water partition coefficient (Wildman–Crippen LogP) is 2.43.